The predicted octanol–water partition coefficient (Wildman–Crippen LogP) is 0.773. The van der Waals surface area contributed by atoms with Gasteiger partial charge in [0.25, 0.3) is 0 Å². The first kappa shape index (κ1) is 24.1. The summed E-state index contributed by atoms with van der Waals surface area (Å²) in [6.45, 7) is 7.70. The molecule has 1 atom stereocenters. The smallest absolute Gasteiger partial charge is 0.333 e. The number of carboxylic acid groups (broad SMARTS) is 4. The highest BCUT2D eigenvalue weighted by atomic mass is 16.5. The Balaban J connectivity index is 0. The molecule has 0 aliphatic rings. The number of carbonyl (C=O) groups is 5. The van der Waals surface area contributed by atoms with Crippen LogP contribution in [0, 0.1) is 5.92 Å². The van der Waals surface area contributed by atoms with E-state index in [1.807, 2.05) is 0 Å². The minimum atomic E-state index is -1.27. The fraction of sp³-hybridized carbons (Fsp3) is 0.400. The summed E-state index contributed by atoms with van der Waals surface area (Å²) in [5.41, 5.74) is -0.0902. The van der Waals surface area contributed by atoms with Crippen LogP contribution in [-0.4, -0.2) is 56.9 Å². The molecule has 0 saturated carbocycles. The van der Waals surface area contributed by atoms with E-state index in [9.17, 15) is 24.0 Å². The summed E-state index contributed by atoms with van der Waals surface area (Å²) in [5.74, 6) is -6.51. The first-order valence-electron chi connectivity index (χ1n) is 6.78. The summed E-state index contributed by atoms with van der Waals surface area (Å²) < 4.78 is 4.67. The summed E-state index contributed by atoms with van der Waals surface area (Å²) in [6, 6.07) is 0. The van der Waals surface area contributed by atoms with Gasteiger partial charge < -0.3 is 25.2 Å². The lowest BCUT2D eigenvalue weighted by atomic mass is 10.0. The number of ether oxygens (including phenoxy) is 1. The highest BCUT2D eigenvalue weighted by molar-refractivity contribution is 5.91. The lowest BCUT2D eigenvalue weighted by Gasteiger charge is -2.09. The molecule has 4 N–H and O–H groups in total. The molecule has 0 radical (unpaired) electrons. The van der Waals surface area contributed by atoms with E-state index < -0.39 is 48.6 Å². The van der Waals surface area contributed by atoms with Crippen molar-refractivity contribution in [2.45, 2.75) is 26.2 Å². The van der Waals surface area contributed by atoms with Crippen molar-refractivity contribution < 1.29 is 49.1 Å². The maximum Gasteiger partial charge on any atom is 0.333 e. The third-order valence-corrected chi connectivity index (χ3v) is 2.49. The van der Waals surface area contributed by atoms with E-state index in [-0.39, 0.29) is 24.2 Å². The zero-order chi connectivity index (χ0) is 20.2. The fourth-order valence-corrected chi connectivity index (χ4v) is 1.20. The summed E-state index contributed by atoms with van der Waals surface area (Å²) in [7, 11) is 0. The number of hydrogen-bond donors (Lipinski definition) is 4. The minimum Gasteiger partial charge on any atom is -0.481 e. The van der Waals surface area contributed by atoms with Crippen LogP contribution in [0.15, 0.2) is 24.3 Å². The zero-order valence-corrected chi connectivity index (χ0v) is 13.6. The molecule has 0 aliphatic carbocycles. The molecule has 25 heavy (non-hydrogen) atoms. The van der Waals surface area contributed by atoms with Crippen LogP contribution < -0.4 is 0 Å². The normalized spacial score (nSPS) is 10.4. The molecule has 0 aromatic rings. The van der Waals surface area contributed by atoms with E-state index in [1.165, 1.54) is 6.92 Å². The maximum absolute atomic E-state index is 10.9. The topological polar surface area (TPSA) is 176 Å². The maximum atomic E-state index is 10.9. The van der Waals surface area contributed by atoms with Gasteiger partial charge in [0.15, 0.2) is 0 Å². The molecule has 0 bridgehead atoms. The van der Waals surface area contributed by atoms with Gasteiger partial charge in [0.1, 0.15) is 0 Å². The van der Waals surface area contributed by atoms with Crippen LogP contribution in [0.4, 0.5) is 0 Å². The van der Waals surface area contributed by atoms with Gasteiger partial charge in [0, 0.05) is 11.1 Å². The highest BCUT2D eigenvalue weighted by Gasteiger charge is 2.21. The molecule has 0 rings (SSSR count). The SMILES string of the molecule is C=C(C)C(=O)OCCC(CC(=O)O)C(=O)O.C=C(CC(=O)O)C(=O)O. The first-order chi connectivity index (χ1) is 11.4. The Morgan fingerprint density at radius 1 is 0.960 bits per heavy atom. The molecule has 1 unspecified atom stereocenters. The van der Waals surface area contributed by atoms with Crippen LogP contribution in [0.5, 0.6) is 0 Å². The Morgan fingerprint density at radius 3 is 1.76 bits per heavy atom. The average molecular weight is 360 g/mol. The van der Waals surface area contributed by atoms with Gasteiger partial charge in [-0.05, 0) is 13.3 Å². The number of hydrogen-bond acceptors (Lipinski definition) is 6. The minimum absolute atomic E-state index is 0.0271. The van der Waals surface area contributed by atoms with Gasteiger partial charge in [-0.1, -0.05) is 13.2 Å². The van der Waals surface area contributed by atoms with Crippen LogP contribution in [0.2, 0.25) is 0 Å². The quantitative estimate of drug-likeness (QED) is 0.321. The van der Waals surface area contributed by atoms with E-state index in [4.69, 9.17) is 20.4 Å². The number of carbonyl (C=O) groups excluding carboxylic acids is 1. The summed E-state index contributed by atoms with van der Waals surface area (Å²) in [6.07, 6.45) is -1.02. The van der Waals surface area contributed by atoms with Crippen LogP contribution in [-0.2, 0) is 28.7 Å². The number of esters is 1. The van der Waals surface area contributed by atoms with Crippen LogP contribution in [0.25, 0.3) is 0 Å². The second-order valence-electron chi connectivity index (χ2n) is 4.82. The predicted molar refractivity (Wildman–Crippen MR) is 82.8 cm³/mol. The van der Waals surface area contributed by atoms with Gasteiger partial charge in [0.05, 0.1) is 25.4 Å². The van der Waals surface area contributed by atoms with Crippen LogP contribution in [0.1, 0.15) is 26.2 Å². The van der Waals surface area contributed by atoms with E-state index >= 15 is 0 Å². The van der Waals surface area contributed by atoms with Crippen molar-refractivity contribution in [2.24, 2.45) is 5.92 Å². The Labute approximate surface area is 143 Å². The number of rotatable bonds is 10. The molecule has 10 nitrogen and oxygen atoms in total. The summed E-state index contributed by atoms with van der Waals surface area (Å²) in [4.78, 5) is 51.6. The van der Waals surface area contributed by atoms with Crippen LogP contribution in [0.3, 0.4) is 0 Å². The standard InChI is InChI=1S/C10H14O6.C5H6O4/c1-6(2)10(15)16-4-3-7(9(13)14)5-8(11)12;1-3(5(8)9)2-4(6)7/h7H,1,3-5H2,2H3,(H,11,12)(H,13,14);1-2H2,(H,6,7)(H,8,9). The third kappa shape index (κ3) is 14.2. The molecule has 0 heterocycles. The summed E-state index contributed by atoms with van der Waals surface area (Å²) in [5, 5.41) is 33.2. The van der Waals surface area contributed by atoms with Crippen molar-refractivity contribution >= 4 is 29.8 Å². The molecule has 10 heteroatoms. The first-order valence-corrected chi connectivity index (χ1v) is 6.78. The second kappa shape index (κ2) is 12.3. The van der Waals surface area contributed by atoms with Gasteiger partial charge >= 0.3 is 29.8 Å². The van der Waals surface area contributed by atoms with Gasteiger partial charge in [-0.3, -0.25) is 14.4 Å². The largest absolute Gasteiger partial charge is 0.481 e. The molecule has 140 valence electrons. The van der Waals surface area contributed by atoms with Crippen molar-refractivity contribution in [1.82, 2.24) is 0 Å². The van der Waals surface area contributed by atoms with Crippen molar-refractivity contribution in [3.8, 4) is 0 Å². The van der Waals surface area contributed by atoms with Gasteiger partial charge in [0.2, 0.25) is 0 Å². The molecular weight excluding hydrogens is 340 g/mol. The van der Waals surface area contributed by atoms with E-state index in [1.54, 1.807) is 0 Å². The van der Waals surface area contributed by atoms with Crippen LogP contribution >= 0.6 is 0 Å². The molecule has 0 aliphatic heterocycles. The fourth-order valence-electron chi connectivity index (χ4n) is 1.20. The van der Waals surface area contributed by atoms with Gasteiger partial charge in [-0.25, -0.2) is 9.59 Å². The average Bonchev–Trinajstić information content (AvgIpc) is 2.45. The Hall–Kier alpha value is -3.17. The molecule has 0 spiro atoms. The van der Waals surface area contributed by atoms with Gasteiger partial charge in [-0.2, -0.15) is 0 Å². The highest BCUT2D eigenvalue weighted by Crippen LogP contribution is 2.09. The zero-order valence-electron chi connectivity index (χ0n) is 13.6. The number of carboxylic acids is 4. The van der Waals surface area contributed by atoms with Crippen molar-refractivity contribution in [1.29, 1.82) is 0 Å². The summed E-state index contributed by atoms with van der Waals surface area (Å²) >= 11 is 0. The van der Waals surface area contributed by atoms with E-state index in [0.29, 0.717) is 0 Å². The third-order valence-electron chi connectivity index (χ3n) is 2.49. The second-order valence-corrected chi connectivity index (χ2v) is 4.82. The van der Waals surface area contributed by atoms with Crippen molar-refractivity contribution in [3.63, 3.8) is 0 Å². The Bertz CT molecular complexity index is 561. The molecule has 0 aromatic carbocycles. The van der Waals surface area contributed by atoms with Crippen molar-refractivity contribution in [3.05, 3.63) is 24.3 Å². The molecule has 0 fully saturated rings. The van der Waals surface area contributed by atoms with E-state index in [0.717, 1.165) is 0 Å². The Morgan fingerprint density at radius 2 is 1.48 bits per heavy atom. The van der Waals surface area contributed by atoms with Crippen molar-refractivity contribution in [2.75, 3.05) is 6.61 Å². The van der Waals surface area contributed by atoms with Gasteiger partial charge in [-0.15, -0.1) is 0 Å². The number of aliphatic carboxylic acids is 4. The molecule has 0 aromatic heterocycles. The monoisotopic (exact) mass is 360 g/mol. The Kier molecular flexibility index (Phi) is 11.8. The lowest BCUT2D eigenvalue weighted by Crippen LogP contribution is -2.20. The molecule has 0 amide bonds. The lowest BCUT2D eigenvalue weighted by molar-refractivity contribution is -0.150. The molecular formula is C15H20O10. The van der Waals surface area contributed by atoms with E-state index in [2.05, 4.69) is 17.9 Å². The molecule has 0 saturated heterocycles.